The highest BCUT2D eigenvalue weighted by atomic mass is 16.6. The highest BCUT2D eigenvalue weighted by Crippen LogP contribution is 2.22. The fourth-order valence-corrected chi connectivity index (χ4v) is 2.49. The lowest BCUT2D eigenvalue weighted by Crippen LogP contribution is -2.46. The molecule has 0 bridgehead atoms. The van der Waals surface area contributed by atoms with Crippen LogP contribution in [0.5, 0.6) is 0 Å². The zero-order chi connectivity index (χ0) is 15.2. The highest BCUT2D eigenvalue weighted by Gasteiger charge is 2.18. The van der Waals surface area contributed by atoms with Crippen molar-refractivity contribution in [2.24, 2.45) is 0 Å². The zero-order valence-electron chi connectivity index (χ0n) is 11.8. The number of hydrogen-bond donors (Lipinski definition) is 1. The van der Waals surface area contributed by atoms with Crippen molar-refractivity contribution in [2.45, 2.75) is 12.8 Å². The summed E-state index contributed by atoms with van der Waals surface area (Å²) in [6.07, 6.45) is 0.858. The number of aliphatic carboxylic acids is 1. The van der Waals surface area contributed by atoms with Crippen molar-refractivity contribution in [3.63, 3.8) is 0 Å². The molecule has 1 aliphatic rings. The van der Waals surface area contributed by atoms with Crippen LogP contribution in [-0.4, -0.2) is 53.6 Å². The minimum absolute atomic E-state index is 0.108. The van der Waals surface area contributed by atoms with E-state index in [1.54, 1.807) is 12.1 Å². The lowest BCUT2D eigenvalue weighted by atomic mass is 10.2. The second kappa shape index (κ2) is 7.03. The summed E-state index contributed by atoms with van der Waals surface area (Å²) >= 11 is 0. The molecule has 21 heavy (non-hydrogen) atoms. The number of carboxylic acid groups (broad SMARTS) is 1. The molecule has 1 aliphatic heterocycles. The Hall–Kier alpha value is -2.15. The van der Waals surface area contributed by atoms with Crippen molar-refractivity contribution in [3.8, 4) is 0 Å². The Bertz CT molecular complexity index is 513. The minimum atomic E-state index is -0.759. The zero-order valence-corrected chi connectivity index (χ0v) is 11.8. The number of rotatable bonds is 6. The summed E-state index contributed by atoms with van der Waals surface area (Å²) in [4.78, 5) is 25.3. The maximum absolute atomic E-state index is 10.8. The van der Waals surface area contributed by atoms with Crippen molar-refractivity contribution >= 4 is 17.3 Å². The molecule has 1 fully saturated rings. The van der Waals surface area contributed by atoms with E-state index < -0.39 is 5.97 Å². The fraction of sp³-hybridized carbons (Fsp3) is 0.500. The number of nitro benzene ring substituents is 1. The van der Waals surface area contributed by atoms with Gasteiger partial charge >= 0.3 is 5.97 Å². The highest BCUT2D eigenvalue weighted by molar-refractivity contribution is 5.66. The van der Waals surface area contributed by atoms with Gasteiger partial charge in [-0.2, -0.15) is 0 Å². The topological polar surface area (TPSA) is 86.9 Å². The number of nitro groups is 1. The summed E-state index contributed by atoms with van der Waals surface area (Å²) in [5.41, 5.74) is 0.978. The second-order valence-electron chi connectivity index (χ2n) is 5.10. The number of benzene rings is 1. The van der Waals surface area contributed by atoms with Crippen molar-refractivity contribution in [2.75, 3.05) is 37.6 Å². The summed E-state index contributed by atoms with van der Waals surface area (Å²) in [5, 5.41) is 19.4. The monoisotopic (exact) mass is 293 g/mol. The van der Waals surface area contributed by atoms with Crippen LogP contribution in [-0.2, 0) is 4.79 Å². The Balaban J connectivity index is 1.84. The number of anilines is 1. The van der Waals surface area contributed by atoms with Crippen LogP contribution in [0.25, 0.3) is 0 Å². The molecule has 1 aromatic rings. The molecule has 114 valence electrons. The Morgan fingerprint density at radius 2 is 2.00 bits per heavy atom. The molecular weight excluding hydrogens is 274 g/mol. The lowest BCUT2D eigenvalue weighted by molar-refractivity contribution is -0.384. The third-order valence-electron chi connectivity index (χ3n) is 3.64. The molecule has 1 saturated heterocycles. The molecule has 1 heterocycles. The summed E-state index contributed by atoms with van der Waals surface area (Å²) in [6, 6.07) is 6.67. The van der Waals surface area contributed by atoms with Gasteiger partial charge in [0.15, 0.2) is 0 Å². The third kappa shape index (κ3) is 4.42. The van der Waals surface area contributed by atoms with Crippen LogP contribution in [0.3, 0.4) is 0 Å². The van der Waals surface area contributed by atoms with E-state index >= 15 is 0 Å². The molecule has 0 aromatic heterocycles. The van der Waals surface area contributed by atoms with E-state index in [1.165, 1.54) is 6.07 Å². The van der Waals surface area contributed by atoms with Crippen LogP contribution in [0.1, 0.15) is 12.8 Å². The minimum Gasteiger partial charge on any atom is -0.481 e. The van der Waals surface area contributed by atoms with Gasteiger partial charge in [-0.05, 0) is 19.0 Å². The first kappa shape index (κ1) is 15.2. The molecular formula is C14H19N3O4. The van der Waals surface area contributed by atoms with Gasteiger partial charge in [-0.1, -0.05) is 6.07 Å². The van der Waals surface area contributed by atoms with Crippen LogP contribution in [0.2, 0.25) is 0 Å². The van der Waals surface area contributed by atoms with Crippen molar-refractivity contribution in [1.29, 1.82) is 0 Å². The molecule has 7 heteroatoms. The van der Waals surface area contributed by atoms with E-state index in [0.29, 0.717) is 6.42 Å². The molecule has 1 aromatic carbocycles. The van der Waals surface area contributed by atoms with Crippen LogP contribution in [0.4, 0.5) is 11.4 Å². The molecule has 0 unspecified atom stereocenters. The van der Waals surface area contributed by atoms with Gasteiger partial charge in [-0.25, -0.2) is 0 Å². The van der Waals surface area contributed by atoms with E-state index in [2.05, 4.69) is 9.80 Å². The number of non-ortho nitro benzene ring substituents is 1. The van der Waals surface area contributed by atoms with E-state index in [1.807, 2.05) is 6.07 Å². The first-order valence-corrected chi connectivity index (χ1v) is 7.00. The molecule has 0 atom stereocenters. The van der Waals surface area contributed by atoms with Crippen LogP contribution < -0.4 is 4.90 Å². The predicted molar refractivity (Wildman–Crippen MR) is 78.6 cm³/mol. The summed E-state index contributed by atoms with van der Waals surface area (Å²) in [7, 11) is 0. The van der Waals surface area contributed by atoms with E-state index in [0.717, 1.165) is 38.4 Å². The Labute approximate surface area is 122 Å². The van der Waals surface area contributed by atoms with Crippen molar-refractivity contribution < 1.29 is 14.8 Å². The lowest BCUT2D eigenvalue weighted by Gasteiger charge is -2.36. The van der Waals surface area contributed by atoms with Gasteiger partial charge in [0.05, 0.1) is 4.92 Å². The third-order valence-corrected chi connectivity index (χ3v) is 3.64. The SMILES string of the molecule is O=C(O)CCCN1CCN(c2cccc([N+](=O)[O-])c2)CC1. The van der Waals surface area contributed by atoms with Gasteiger partial charge in [0.25, 0.3) is 5.69 Å². The summed E-state index contributed by atoms with van der Waals surface area (Å²) in [6.45, 7) is 4.09. The summed E-state index contributed by atoms with van der Waals surface area (Å²) in [5.74, 6) is -0.759. The Morgan fingerprint density at radius 1 is 1.29 bits per heavy atom. The Morgan fingerprint density at radius 3 is 2.62 bits per heavy atom. The fourth-order valence-electron chi connectivity index (χ4n) is 2.49. The van der Waals surface area contributed by atoms with Crippen LogP contribution in [0, 0.1) is 10.1 Å². The van der Waals surface area contributed by atoms with Gasteiger partial charge in [0.2, 0.25) is 0 Å². The van der Waals surface area contributed by atoms with Crippen LogP contribution in [0.15, 0.2) is 24.3 Å². The molecule has 1 N–H and O–H groups in total. The number of nitrogens with zero attached hydrogens (tertiary/aromatic N) is 3. The predicted octanol–water partition coefficient (Wildman–Crippen LogP) is 1.58. The molecule has 7 nitrogen and oxygen atoms in total. The quantitative estimate of drug-likeness (QED) is 0.633. The average Bonchev–Trinajstić information content (AvgIpc) is 2.48. The number of piperazine rings is 1. The van der Waals surface area contributed by atoms with Gasteiger partial charge < -0.3 is 10.0 Å². The van der Waals surface area contributed by atoms with Gasteiger partial charge in [-0.15, -0.1) is 0 Å². The number of carboxylic acids is 1. The normalized spacial score (nSPS) is 15.9. The molecule has 0 saturated carbocycles. The first-order chi connectivity index (χ1) is 10.1. The Kier molecular flexibility index (Phi) is 5.10. The first-order valence-electron chi connectivity index (χ1n) is 7.00. The van der Waals surface area contributed by atoms with E-state index in [9.17, 15) is 14.9 Å². The molecule has 0 spiro atoms. The smallest absolute Gasteiger partial charge is 0.303 e. The van der Waals surface area contributed by atoms with E-state index in [4.69, 9.17) is 5.11 Å². The summed E-state index contributed by atoms with van der Waals surface area (Å²) < 4.78 is 0. The largest absolute Gasteiger partial charge is 0.481 e. The molecule has 0 amide bonds. The van der Waals surface area contributed by atoms with Crippen molar-refractivity contribution in [3.05, 3.63) is 34.4 Å². The number of carbonyl (C=O) groups is 1. The van der Waals surface area contributed by atoms with Gasteiger partial charge in [-0.3, -0.25) is 19.8 Å². The maximum Gasteiger partial charge on any atom is 0.303 e. The average molecular weight is 293 g/mol. The van der Waals surface area contributed by atoms with Crippen molar-refractivity contribution in [1.82, 2.24) is 4.90 Å². The maximum atomic E-state index is 10.8. The standard InChI is InChI=1S/C14H19N3O4/c18-14(19)5-2-6-15-7-9-16(10-8-15)12-3-1-4-13(11-12)17(20)21/h1,3-4,11H,2,5-10H2,(H,18,19). The van der Waals surface area contributed by atoms with Gasteiger partial charge in [0, 0.05) is 50.4 Å². The molecule has 0 radical (unpaired) electrons. The molecule has 0 aliphatic carbocycles. The van der Waals surface area contributed by atoms with Crippen LogP contribution >= 0.6 is 0 Å². The van der Waals surface area contributed by atoms with Gasteiger partial charge in [0.1, 0.15) is 0 Å². The molecule has 2 rings (SSSR count). The van der Waals surface area contributed by atoms with E-state index in [-0.39, 0.29) is 17.0 Å². The number of hydrogen-bond acceptors (Lipinski definition) is 5. The second-order valence-corrected chi connectivity index (χ2v) is 5.10.